The normalized spacial score (nSPS) is 21.4. The molecular formula is C10H20N2OSi. The summed E-state index contributed by atoms with van der Waals surface area (Å²) < 4.78 is 5.63. The summed E-state index contributed by atoms with van der Waals surface area (Å²) in [6, 6.07) is 1.23. The molecule has 0 aromatic rings. The molecule has 0 aromatic heterocycles. The maximum Gasteiger partial charge on any atom is 0.0597 e. The van der Waals surface area contributed by atoms with Crippen molar-refractivity contribution in [3.63, 3.8) is 0 Å². The minimum Gasteiger partial charge on any atom is -0.381 e. The van der Waals surface area contributed by atoms with Gasteiger partial charge in [-0.1, -0.05) is 19.6 Å². The van der Waals surface area contributed by atoms with Gasteiger partial charge in [0.05, 0.1) is 12.5 Å². The quantitative estimate of drug-likeness (QED) is 0.509. The van der Waals surface area contributed by atoms with Crippen LogP contribution in [-0.4, -0.2) is 33.2 Å². The van der Waals surface area contributed by atoms with Gasteiger partial charge in [-0.25, -0.2) is 0 Å². The third kappa shape index (κ3) is 4.15. The Labute approximate surface area is 87.3 Å². The van der Waals surface area contributed by atoms with Crippen LogP contribution in [0.4, 0.5) is 0 Å². The molecule has 1 unspecified atom stereocenters. The molecule has 1 atom stereocenters. The molecule has 80 valence electrons. The Morgan fingerprint density at radius 2 is 2.14 bits per heavy atom. The minimum atomic E-state index is -0.940. The molecule has 0 N–H and O–H groups in total. The Balaban J connectivity index is 2.11. The summed E-state index contributed by atoms with van der Waals surface area (Å²) in [7, 11) is -0.940. The van der Waals surface area contributed by atoms with E-state index < -0.39 is 8.07 Å². The van der Waals surface area contributed by atoms with Gasteiger partial charge >= 0.3 is 0 Å². The number of rotatable bonds is 5. The molecule has 0 aliphatic carbocycles. The summed E-state index contributed by atoms with van der Waals surface area (Å²) in [5.74, 6) is 0.316. The van der Waals surface area contributed by atoms with Gasteiger partial charge in [0.15, 0.2) is 0 Å². The van der Waals surface area contributed by atoms with Crippen molar-refractivity contribution in [2.75, 3.05) is 13.2 Å². The molecule has 1 heterocycles. The molecule has 4 heteroatoms. The fourth-order valence-corrected chi connectivity index (χ4v) is 1.90. The highest BCUT2D eigenvalue weighted by molar-refractivity contribution is 6.76. The van der Waals surface area contributed by atoms with Crippen molar-refractivity contribution in [3.8, 4) is 0 Å². The second-order valence-corrected chi connectivity index (χ2v) is 10.6. The molecule has 0 fully saturated rings. The van der Waals surface area contributed by atoms with E-state index in [0.717, 1.165) is 18.9 Å². The van der Waals surface area contributed by atoms with E-state index in [9.17, 15) is 0 Å². The molecule has 14 heavy (non-hydrogen) atoms. The van der Waals surface area contributed by atoms with Crippen LogP contribution in [0.25, 0.3) is 0 Å². The van der Waals surface area contributed by atoms with Gasteiger partial charge < -0.3 is 4.74 Å². The van der Waals surface area contributed by atoms with Crippen molar-refractivity contribution >= 4 is 20.0 Å². The lowest BCUT2D eigenvalue weighted by Gasteiger charge is -2.16. The minimum absolute atomic E-state index is 0.316. The molecule has 1 aliphatic heterocycles. The fourth-order valence-electron chi connectivity index (χ4n) is 1.14. The largest absolute Gasteiger partial charge is 0.381 e. The zero-order valence-electron chi connectivity index (χ0n) is 9.58. The first-order valence-corrected chi connectivity index (χ1v) is 8.85. The Hall–Kier alpha value is -0.483. The van der Waals surface area contributed by atoms with Gasteiger partial charge in [0.1, 0.15) is 0 Å². The molecule has 0 amide bonds. The van der Waals surface area contributed by atoms with E-state index in [4.69, 9.17) is 4.74 Å². The summed E-state index contributed by atoms with van der Waals surface area (Å²) in [6.07, 6.45) is 1.86. The summed E-state index contributed by atoms with van der Waals surface area (Å²) in [4.78, 5) is 0. The molecular weight excluding hydrogens is 192 g/mol. The highest BCUT2D eigenvalue weighted by Crippen LogP contribution is 2.09. The van der Waals surface area contributed by atoms with Crippen molar-refractivity contribution < 1.29 is 4.74 Å². The van der Waals surface area contributed by atoms with Gasteiger partial charge in [-0.05, 0) is 13.0 Å². The van der Waals surface area contributed by atoms with Crippen molar-refractivity contribution in [3.05, 3.63) is 0 Å². The van der Waals surface area contributed by atoms with Gasteiger partial charge in [-0.3, -0.25) is 0 Å². The first kappa shape index (κ1) is 11.6. The van der Waals surface area contributed by atoms with E-state index in [1.54, 1.807) is 0 Å². The average Bonchev–Trinajstić information content (AvgIpc) is 2.44. The first-order chi connectivity index (χ1) is 6.49. The van der Waals surface area contributed by atoms with Crippen LogP contribution in [0, 0.1) is 5.92 Å². The zero-order chi connectivity index (χ0) is 10.6. The lowest BCUT2D eigenvalue weighted by Crippen LogP contribution is -2.23. The number of hydrogen-bond acceptors (Lipinski definition) is 3. The van der Waals surface area contributed by atoms with Crippen LogP contribution in [-0.2, 0) is 4.74 Å². The topological polar surface area (TPSA) is 34.0 Å². The van der Waals surface area contributed by atoms with Gasteiger partial charge in [0.25, 0.3) is 0 Å². The van der Waals surface area contributed by atoms with Crippen LogP contribution < -0.4 is 0 Å². The van der Waals surface area contributed by atoms with Crippen molar-refractivity contribution in [2.24, 2.45) is 16.1 Å². The molecule has 0 aromatic carbocycles. The Bertz CT molecular complexity index is 243. The van der Waals surface area contributed by atoms with E-state index in [1.165, 1.54) is 6.04 Å². The van der Waals surface area contributed by atoms with Crippen LogP contribution in [0.1, 0.15) is 6.92 Å². The molecule has 1 aliphatic rings. The highest BCUT2D eigenvalue weighted by Gasteiger charge is 2.16. The molecule has 1 rings (SSSR count). The van der Waals surface area contributed by atoms with E-state index in [0.29, 0.717) is 5.92 Å². The van der Waals surface area contributed by atoms with E-state index in [2.05, 4.69) is 29.8 Å². The lowest BCUT2D eigenvalue weighted by molar-refractivity contribution is 0.143. The summed E-state index contributed by atoms with van der Waals surface area (Å²) in [5.41, 5.74) is 1.07. The standard InChI is InChI=1S/C10H20N2OSi/c1-9-10(7-11-12-9)8-13-5-6-14(2,3)4/h7,10H,5-6,8H2,1-4H3. The Morgan fingerprint density at radius 3 is 2.64 bits per heavy atom. The SMILES string of the molecule is CC1=NN=CC1COCC[Si](C)(C)C. The van der Waals surface area contributed by atoms with E-state index in [1.807, 2.05) is 13.1 Å². The van der Waals surface area contributed by atoms with Crippen LogP contribution in [0.2, 0.25) is 25.7 Å². The second kappa shape index (κ2) is 4.84. The van der Waals surface area contributed by atoms with Crippen LogP contribution in [0.15, 0.2) is 10.2 Å². The van der Waals surface area contributed by atoms with E-state index in [-0.39, 0.29) is 0 Å². The van der Waals surface area contributed by atoms with Gasteiger partial charge in [-0.2, -0.15) is 10.2 Å². The maximum atomic E-state index is 5.63. The first-order valence-electron chi connectivity index (χ1n) is 5.14. The molecule has 0 saturated carbocycles. The Kier molecular flexibility index (Phi) is 4.01. The number of hydrogen-bond donors (Lipinski definition) is 0. The summed E-state index contributed by atoms with van der Waals surface area (Å²) >= 11 is 0. The highest BCUT2D eigenvalue weighted by atomic mass is 28.3. The number of nitrogens with zero attached hydrogens (tertiary/aromatic N) is 2. The zero-order valence-corrected chi connectivity index (χ0v) is 10.6. The second-order valence-electron chi connectivity index (χ2n) is 5.00. The predicted octanol–water partition coefficient (Wildman–Crippen LogP) is 2.42. The van der Waals surface area contributed by atoms with Crippen LogP contribution >= 0.6 is 0 Å². The van der Waals surface area contributed by atoms with Gasteiger partial charge in [0, 0.05) is 26.6 Å². The summed E-state index contributed by atoms with van der Waals surface area (Å²) in [6.45, 7) is 10.7. The smallest absolute Gasteiger partial charge is 0.0597 e. The van der Waals surface area contributed by atoms with E-state index >= 15 is 0 Å². The third-order valence-corrected chi connectivity index (χ3v) is 4.00. The predicted molar refractivity (Wildman–Crippen MR) is 64.1 cm³/mol. The third-order valence-electron chi connectivity index (χ3n) is 2.29. The maximum absolute atomic E-state index is 5.63. The average molecular weight is 212 g/mol. The number of ether oxygens (including phenoxy) is 1. The van der Waals surface area contributed by atoms with Crippen LogP contribution in [0.5, 0.6) is 0 Å². The molecule has 0 saturated heterocycles. The monoisotopic (exact) mass is 212 g/mol. The molecule has 3 nitrogen and oxygen atoms in total. The molecule has 0 radical (unpaired) electrons. The molecule has 0 bridgehead atoms. The van der Waals surface area contributed by atoms with Gasteiger partial charge in [-0.15, -0.1) is 0 Å². The lowest BCUT2D eigenvalue weighted by atomic mass is 10.1. The summed E-state index contributed by atoms with van der Waals surface area (Å²) in [5, 5.41) is 7.82. The van der Waals surface area contributed by atoms with Crippen LogP contribution in [0.3, 0.4) is 0 Å². The van der Waals surface area contributed by atoms with Gasteiger partial charge in [0.2, 0.25) is 0 Å². The van der Waals surface area contributed by atoms with Crippen molar-refractivity contribution in [1.82, 2.24) is 0 Å². The Morgan fingerprint density at radius 1 is 1.43 bits per heavy atom. The fraction of sp³-hybridized carbons (Fsp3) is 0.800. The van der Waals surface area contributed by atoms with Crippen molar-refractivity contribution in [1.29, 1.82) is 0 Å². The van der Waals surface area contributed by atoms with Crippen molar-refractivity contribution in [2.45, 2.75) is 32.6 Å². The molecule has 0 spiro atoms.